The van der Waals surface area contributed by atoms with Crippen LogP contribution in [0.25, 0.3) is 0 Å². The van der Waals surface area contributed by atoms with Crippen LogP contribution < -0.4 is 5.73 Å². The fourth-order valence-electron chi connectivity index (χ4n) is 2.33. The molecule has 1 aliphatic heterocycles. The van der Waals surface area contributed by atoms with Crippen LogP contribution in [0.1, 0.15) is 18.4 Å². The SMILES string of the molecule is NCCN1CCC(OCc2ccc(Cl)c(Cl)c2)CC1. The Kier molecular flexibility index (Phi) is 5.92. The Morgan fingerprint density at radius 1 is 1.21 bits per heavy atom. The van der Waals surface area contributed by atoms with Crippen LogP contribution in [0.4, 0.5) is 0 Å². The second-order valence-electron chi connectivity index (χ2n) is 4.89. The number of nitrogens with two attached hydrogens (primary N) is 1. The van der Waals surface area contributed by atoms with E-state index in [1.165, 1.54) is 0 Å². The fourth-order valence-corrected chi connectivity index (χ4v) is 2.65. The van der Waals surface area contributed by atoms with E-state index in [-0.39, 0.29) is 0 Å². The van der Waals surface area contributed by atoms with Crippen LogP contribution in [0.2, 0.25) is 10.0 Å². The summed E-state index contributed by atoms with van der Waals surface area (Å²) in [7, 11) is 0. The van der Waals surface area contributed by atoms with Crippen molar-refractivity contribution in [3.8, 4) is 0 Å². The summed E-state index contributed by atoms with van der Waals surface area (Å²) >= 11 is 11.9. The highest BCUT2D eigenvalue weighted by atomic mass is 35.5. The number of benzene rings is 1. The summed E-state index contributed by atoms with van der Waals surface area (Å²) in [5.41, 5.74) is 6.63. The van der Waals surface area contributed by atoms with Crippen LogP contribution in [-0.2, 0) is 11.3 Å². The largest absolute Gasteiger partial charge is 0.373 e. The van der Waals surface area contributed by atoms with Gasteiger partial charge in [0.1, 0.15) is 0 Å². The van der Waals surface area contributed by atoms with Crippen molar-refractivity contribution in [1.29, 1.82) is 0 Å². The predicted octanol–water partition coefficient (Wildman–Crippen LogP) is 2.93. The van der Waals surface area contributed by atoms with Crippen molar-refractivity contribution in [1.82, 2.24) is 4.90 Å². The Morgan fingerprint density at radius 3 is 2.58 bits per heavy atom. The molecule has 1 saturated heterocycles. The molecule has 2 N–H and O–H groups in total. The molecular weight excluding hydrogens is 283 g/mol. The third kappa shape index (κ3) is 4.62. The first-order valence-corrected chi connectivity index (χ1v) is 7.42. The molecule has 0 atom stereocenters. The zero-order valence-electron chi connectivity index (χ0n) is 10.9. The number of rotatable bonds is 5. The number of piperidine rings is 1. The summed E-state index contributed by atoms with van der Waals surface area (Å²) in [6.45, 7) is 4.46. The van der Waals surface area contributed by atoms with Gasteiger partial charge in [-0.05, 0) is 30.5 Å². The molecule has 1 fully saturated rings. The summed E-state index contributed by atoms with van der Waals surface area (Å²) in [4.78, 5) is 2.39. The van der Waals surface area contributed by atoms with E-state index in [4.69, 9.17) is 33.7 Å². The summed E-state index contributed by atoms with van der Waals surface area (Å²) in [6.07, 6.45) is 2.48. The number of likely N-dealkylation sites (tertiary alicyclic amines) is 1. The zero-order valence-corrected chi connectivity index (χ0v) is 12.5. The van der Waals surface area contributed by atoms with Crippen LogP contribution in [0.15, 0.2) is 18.2 Å². The number of hydrogen-bond acceptors (Lipinski definition) is 3. The molecule has 0 amide bonds. The quantitative estimate of drug-likeness (QED) is 0.909. The van der Waals surface area contributed by atoms with Gasteiger partial charge < -0.3 is 15.4 Å². The molecule has 0 aromatic heterocycles. The Hall–Kier alpha value is -0.320. The Bertz CT molecular complexity index is 406. The molecule has 3 nitrogen and oxygen atoms in total. The number of nitrogens with zero attached hydrogens (tertiary/aromatic N) is 1. The van der Waals surface area contributed by atoms with Gasteiger partial charge >= 0.3 is 0 Å². The molecule has 2 rings (SSSR count). The smallest absolute Gasteiger partial charge is 0.0721 e. The van der Waals surface area contributed by atoms with E-state index >= 15 is 0 Å². The Morgan fingerprint density at radius 2 is 1.95 bits per heavy atom. The molecule has 106 valence electrons. The lowest BCUT2D eigenvalue weighted by molar-refractivity contribution is -0.00183. The van der Waals surface area contributed by atoms with Crippen molar-refractivity contribution in [2.75, 3.05) is 26.2 Å². The van der Waals surface area contributed by atoms with Gasteiger partial charge in [0.25, 0.3) is 0 Å². The van der Waals surface area contributed by atoms with Gasteiger partial charge in [0.15, 0.2) is 0 Å². The third-order valence-electron chi connectivity index (χ3n) is 3.45. The highest BCUT2D eigenvalue weighted by Crippen LogP contribution is 2.23. The zero-order chi connectivity index (χ0) is 13.7. The molecule has 1 aromatic rings. The van der Waals surface area contributed by atoms with Crippen molar-refractivity contribution >= 4 is 23.2 Å². The first-order chi connectivity index (χ1) is 9.19. The summed E-state index contributed by atoms with van der Waals surface area (Å²) < 4.78 is 5.93. The van der Waals surface area contributed by atoms with Gasteiger partial charge in [-0.1, -0.05) is 29.3 Å². The molecule has 0 radical (unpaired) electrons. The van der Waals surface area contributed by atoms with Crippen LogP contribution in [-0.4, -0.2) is 37.2 Å². The molecule has 0 unspecified atom stereocenters. The second kappa shape index (κ2) is 7.46. The maximum atomic E-state index is 5.98. The number of hydrogen-bond donors (Lipinski definition) is 1. The molecular formula is C14H20Cl2N2O. The first-order valence-electron chi connectivity index (χ1n) is 6.67. The summed E-state index contributed by atoms with van der Waals surface area (Å²) in [5.74, 6) is 0. The van der Waals surface area contributed by atoms with Crippen molar-refractivity contribution in [3.05, 3.63) is 33.8 Å². The topological polar surface area (TPSA) is 38.5 Å². The highest BCUT2D eigenvalue weighted by Gasteiger charge is 2.18. The van der Waals surface area contributed by atoms with Crippen LogP contribution in [0.5, 0.6) is 0 Å². The van der Waals surface area contributed by atoms with Gasteiger partial charge in [-0.2, -0.15) is 0 Å². The minimum Gasteiger partial charge on any atom is -0.373 e. The number of ether oxygens (including phenoxy) is 1. The molecule has 1 aliphatic rings. The molecule has 1 heterocycles. The third-order valence-corrected chi connectivity index (χ3v) is 4.19. The van der Waals surface area contributed by atoms with E-state index in [9.17, 15) is 0 Å². The lowest BCUT2D eigenvalue weighted by Gasteiger charge is -2.31. The average molecular weight is 303 g/mol. The maximum absolute atomic E-state index is 5.98. The van der Waals surface area contributed by atoms with E-state index in [1.54, 1.807) is 0 Å². The van der Waals surface area contributed by atoms with Gasteiger partial charge in [0, 0.05) is 26.2 Å². The van der Waals surface area contributed by atoms with E-state index in [1.807, 2.05) is 18.2 Å². The fraction of sp³-hybridized carbons (Fsp3) is 0.571. The highest BCUT2D eigenvalue weighted by molar-refractivity contribution is 6.42. The Balaban J connectivity index is 1.75. The van der Waals surface area contributed by atoms with Crippen molar-refractivity contribution in [3.63, 3.8) is 0 Å². The predicted molar refractivity (Wildman–Crippen MR) is 79.8 cm³/mol. The van der Waals surface area contributed by atoms with Crippen LogP contribution in [0.3, 0.4) is 0 Å². The van der Waals surface area contributed by atoms with Gasteiger partial charge in [-0.3, -0.25) is 0 Å². The number of halogens is 2. The maximum Gasteiger partial charge on any atom is 0.0721 e. The Labute approximate surface area is 124 Å². The molecule has 5 heteroatoms. The van der Waals surface area contributed by atoms with Crippen molar-refractivity contribution < 1.29 is 4.74 Å². The van der Waals surface area contributed by atoms with Crippen molar-refractivity contribution in [2.24, 2.45) is 5.73 Å². The monoisotopic (exact) mass is 302 g/mol. The van der Waals surface area contributed by atoms with E-state index in [2.05, 4.69) is 4.90 Å². The summed E-state index contributed by atoms with van der Waals surface area (Å²) in [5, 5.41) is 1.17. The second-order valence-corrected chi connectivity index (χ2v) is 5.70. The molecule has 0 spiro atoms. The summed E-state index contributed by atoms with van der Waals surface area (Å²) in [6, 6.07) is 5.64. The van der Waals surface area contributed by atoms with Crippen molar-refractivity contribution in [2.45, 2.75) is 25.6 Å². The van der Waals surface area contributed by atoms with Gasteiger partial charge in [-0.25, -0.2) is 0 Å². The lowest BCUT2D eigenvalue weighted by Crippen LogP contribution is -2.39. The van der Waals surface area contributed by atoms with Gasteiger partial charge in [-0.15, -0.1) is 0 Å². The van der Waals surface area contributed by atoms with Gasteiger partial charge in [0.2, 0.25) is 0 Å². The molecule has 0 bridgehead atoms. The minimum absolute atomic E-state index is 0.337. The molecule has 0 aliphatic carbocycles. The average Bonchev–Trinajstić information content (AvgIpc) is 2.42. The molecule has 1 aromatic carbocycles. The lowest BCUT2D eigenvalue weighted by atomic mass is 10.1. The standard InChI is InChI=1S/C14H20Cl2N2O/c15-13-2-1-11(9-14(13)16)10-19-12-3-6-18(7-4-12)8-5-17/h1-2,9,12H,3-8,10,17H2. The van der Waals surface area contributed by atoms with Crippen LogP contribution >= 0.6 is 23.2 Å². The normalized spacial score (nSPS) is 17.8. The van der Waals surface area contributed by atoms with E-state index in [0.29, 0.717) is 22.8 Å². The molecule has 0 saturated carbocycles. The van der Waals surface area contributed by atoms with E-state index in [0.717, 1.165) is 44.6 Å². The first kappa shape index (κ1) is 15.1. The van der Waals surface area contributed by atoms with Crippen LogP contribution in [0, 0.1) is 0 Å². The van der Waals surface area contributed by atoms with Gasteiger partial charge in [0.05, 0.1) is 22.8 Å². The minimum atomic E-state index is 0.337. The van der Waals surface area contributed by atoms with E-state index < -0.39 is 0 Å². The molecule has 19 heavy (non-hydrogen) atoms.